The molecule has 7 nitrogen and oxygen atoms in total. The number of aromatic nitrogens is 1. The van der Waals surface area contributed by atoms with E-state index >= 15 is 0 Å². The fraction of sp³-hybridized carbons (Fsp3) is 0.455. The van der Waals surface area contributed by atoms with Crippen LogP contribution in [0.5, 0.6) is 0 Å². The van der Waals surface area contributed by atoms with Crippen molar-refractivity contribution >= 4 is 16.0 Å². The quantitative estimate of drug-likeness (QED) is 0.719. The molecule has 0 aromatic carbocycles. The maximum absolute atomic E-state index is 11.9. The summed E-state index contributed by atoms with van der Waals surface area (Å²) in [5.74, 6) is -1.17. The Bertz CT molecular complexity index is 598. The SMILES string of the molecule is CCn1cc(S(=O)(=O)NCCCC#N)cc1C(=O)O. The molecule has 0 aliphatic heterocycles. The Morgan fingerprint density at radius 1 is 1.58 bits per heavy atom. The van der Waals surface area contributed by atoms with Gasteiger partial charge < -0.3 is 9.67 Å². The minimum atomic E-state index is -3.73. The predicted molar refractivity (Wildman–Crippen MR) is 67.1 cm³/mol. The number of carboxylic acids is 1. The summed E-state index contributed by atoms with van der Waals surface area (Å²) in [4.78, 5) is 10.9. The number of nitrogens with zero attached hydrogens (tertiary/aromatic N) is 2. The van der Waals surface area contributed by atoms with Crippen LogP contribution in [0.4, 0.5) is 0 Å². The standard InChI is InChI=1S/C11H15N3O4S/c1-2-14-8-9(7-10(14)11(15)16)19(17,18)13-6-4-3-5-12/h7-8,13H,2-4,6H2,1H3,(H,15,16). The molecule has 104 valence electrons. The third-order valence-electron chi connectivity index (χ3n) is 2.50. The number of rotatable bonds is 7. The number of carbonyl (C=O) groups is 1. The van der Waals surface area contributed by atoms with Gasteiger partial charge in [-0.05, 0) is 19.4 Å². The Morgan fingerprint density at radius 3 is 2.74 bits per heavy atom. The van der Waals surface area contributed by atoms with Crippen LogP contribution < -0.4 is 4.72 Å². The fourth-order valence-electron chi connectivity index (χ4n) is 1.53. The number of nitriles is 1. The van der Waals surface area contributed by atoms with Crippen molar-refractivity contribution in [1.29, 1.82) is 5.26 Å². The third-order valence-corrected chi connectivity index (χ3v) is 3.93. The first kappa shape index (κ1) is 15.2. The number of sulfonamides is 1. The van der Waals surface area contributed by atoms with Crippen LogP contribution in [-0.4, -0.2) is 30.6 Å². The second kappa shape index (κ2) is 6.36. The summed E-state index contributed by atoms with van der Waals surface area (Å²) in [6, 6.07) is 3.04. The molecule has 0 unspecified atom stereocenters. The second-order valence-corrected chi connectivity index (χ2v) is 5.58. The van der Waals surface area contributed by atoms with E-state index in [1.165, 1.54) is 10.8 Å². The Balaban J connectivity index is 2.90. The summed E-state index contributed by atoms with van der Waals surface area (Å²) in [7, 11) is -3.73. The smallest absolute Gasteiger partial charge is 0.352 e. The molecule has 0 radical (unpaired) electrons. The largest absolute Gasteiger partial charge is 0.477 e. The van der Waals surface area contributed by atoms with Crippen LogP contribution in [0.25, 0.3) is 0 Å². The summed E-state index contributed by atoms with van der Waals surface area (Å²) in [6.45, 7) is 2.24. The summed E-state index contributed by atoms with van der Waals surface area (Å²) in [5, 5.41) is 17.3. The highest BCUT2D eigenvalue weighted by Gasteiger charge is 2.20. The highest BCUT2D eigenvalue weighted by Crippen LogP contribution is 2.14. The molecule has 0 aliphatic rings. The highest BCUT2D eigenvalue weighted by molar-refractivity contribution is 7.89. The number of carboxylic acid groups (broad SMARTS) is 1. The summed E-state index contributed by atoms with van der Waals surface area (Å²) in [6.07, 6.45) is 1.96. The normalized spacial score (nSPS) is 11.2. The van der Waals surface area contributed by atoms with Gasteiger partial charge in [-0.2, -0.15) is 5.26 Å². The average Bonchev–Trinajstić information content (AvgIpc) is 2.79. The number of aromatic carboxylic acids is 1. The van der Waals surface area contributed by atoms with Crippen molar-refractivity contribution in [3.8, 4) is 6.07 Å². The number of hydrogen-bond acceptors (Lipinski definition) is 4. The first-order chi connectivity index (χ1) is 8.92. The topological polar surface area (TPSA) is 112 Å². The number of unbranched alkanes of at least 4 members (excludes halogenated alkanes) is 1. The molecule has 1 rings (SSSR count). The maximum atomic E-state index is 11.9. The van der Waals surface area contributed by atoms with E-state index in [-0.39, 0.29) is 23.6 Å². The van der Waals surface area contributed by atoms with Crippen LogP contribution in [0.1, 0.15) is 30.3 Å². The molecule has 0 saturated heterocycles. The maximum Gasteiger partial charge on any atom is 0.352 e. The van der Waals surface area contributed by atoms with E-state index in [2.05, 4.69) is 4.72 Å². The molecule has 0 aliphatic carbocycles. The molecule has 1 heterocycles. The minimum absolute atomic E-state index is 0.0695. The summed E-state index contributed by atoms with van der Waals surface area (Å²) in [5.41, 5.74) is -0.0695. The number of nitrogens with one attached hydrogen (secondary N) is 1. The molecular weight excluding hydrogens is 270 g/mol. The molecule has 0 saturated carbocycles. The summed E-state index contributed by atoms with van der Waals surface area (Å²) >= 11 is 0. The van der Waals surface area contributed by atoms with E-state index in [0.29, 0.717) is 13.0 Å². The molecule has 8 heteroatoms. The van der Waals surface area contributed by atoms with Crippen molar-refractivity contribution in [3.63, 3.8) is 0 Å². The van der Waals surface area contributed by atoms with Gasteiger partial charge in [0.2, 0.25) is 10.0 Å². The molecule has 1 aromatic rings. The van der Waals surface area contributed by atoms with Gasteiger partial charge in [-0.3, -0.25) is 0 Å². The van der Waals surface area contributed by atoms with Gasteiger partial charge in [0, 0.05) is 25.7 Å². The fourth-order valence-corrected chi connectivity index (χ4v) is 2.64. The van der Waals surface area contributed by atoms with Gasteiger partial charge in [0.25, 0.3) is 0 Å². The Hall–Kier alpha value is -1.85. The highest BCUT2D eigenvalue weighted by atomic mass is 32.2. The predicted octanol–water partition coefficient (Wildman–Crippen LogP) is 0.788. The van der Waals surface area contributed by atoms with E-state index < -0.39 is 16.0 Å². The molecular formula is C11H15N3O4S. The van der Waals surface area contributed by atoms with Crippen LogP contribution in [0, 0.1) is 11.3 Å². The zero-order valence-electron chi connectivity index (χ0n) is 10.5. The van der Waals surface area contributed by atoms with Crippen LogP contribution in [0.3, 0.4) is 0 Å². The Labute approximate surface area is 111 Å². The molecule has 0 atom stereocenters. The zero-order chi connectivity index (χ0) is 14.5. The lowest BCUT2D eigenvalue weighted by Crippen LogP contribution is -2.24. The van der Waals surface area contributed by atoms with Crippen LogP contribution in [0.2, 0.25) is 0 Å². The molecule has 0 amide bonds. The molecule has 0 fully saturated rings. The number of hydrogen-bond donors (Lipinski definition) is 2. The molecule has 0 spiro atoms. The monoisotopic (exact) mass is 285 g/mol. The molecule has 19 heavy (non-hydrogen) atoms. The van der Waals surface area contributed by atoms with Gasteiger partial charge in [-0.1, -0.05) is 0 Å². The first-order valence-electron chi connectivity index (χ1n) is 5.72. The second-order valence-electron chi connectivity index (χ2n) is 3.81. The lowest BCUT2D eigenvalue weighted by molar-refractivity contribution is 0.0685. The van der Waals surface area contributed by atoms with Crippen molar-refractivity contribution in [2.24, 2.45) is 0 Å². The van der Waals surface area contributed by atoms with Gasteiger partial charge in [-0.15, -0.1) is 0 Å². The van der Waals surface area contributed by atoms with Gasteiger partial charge in [-0.25, -0.2) is 17.9 Å². The molecule has 1 aromatic heterocycles. The van der Waals surface area contributed by atoms with Crippen molar-refractivity contribution in [2.75, 3.05) is 6.54 Å². The van der Waals surface area contributed by atoms with Crippen LogP contribution in [0.15, 0.2) is 17.2 Å². The van der Waals surface area contributed by atoms with Gasteiger partial charge in [0.1, 0.15) is 10.6 Å². The summed E-state index contributed by atoms with van der Waals surface area (Å²) < 4.78 is 27.5. The van der Waals surface area contributed by atoms with E-state index in [9.17, 15) is 13.2 Å². The molecule has 2 N–H and O–H groups in total. The van der Waals surface area contributed by atoms with Crippen LogP contribution >= 0.6 is 0 Å². The van der Waals surface area contributed by atoms with Crippen molar-refractivity contribution in [1.82, 2.24) is 9.29 Å². The average molecular weight is 285 g/mol. The van der Waals surface area contributed by atoms with Crippen molar-refractivity contribution in [3.05, 3.63) is 18.0 Å². The van der Waals surface area contributed by atoms with Gasteiger partial charge in [0.05, 0.1) is 6.07 Å². The minimum Gasteiger partial charge on any atom is -0.477 e. The first-order valence-corrected chi connectivity index (χ1v) is 7.20. The number of aryl methyl sites for hydroxylation is 1. The van der Waals surface area contributed by atoms with Crippen molar-refractivity contribution < 1.29 is 18.3 Å². The lowest BCUT2D eigenvalue weighted by Gasteiger charge is -2.03. The Kier molecular flexibility index (Phi) is 5.09. The third kappa shape index (κ3) is 3.81. The lowest BCUT2D eigenvalue weighted by atomic mass is 10.3. The van der Waals surface area contributed by atoms with E-state index in [1.807, 2.05) is 6.07 Å². The van der Waals surface area contributed by atoms with E-state index in [0.717, 1.165) is 6.07 Å². The van der Waals surface area contributed by atoms with E-state index in [1.54, 1.807) is 6.92 Å². The van der Waals surface area contributed by atoms with E-state index in [4.69, 9.17) is 10.4 Å². The van der Waals surface area contributed by atoms with Crippen LogP contribution in [-0.2, 0) is 16.6 Å². The van der Waals surface area contributed by atoms with Gasteiger partial charge in [0.15, 0.2) is 0 Å². The molecule has 0 bridgehead atoms. The van der Waals surface area contributed by atoms with Crippen molar-refractivity contribution in [2.45, 2.75) is 31.2 Å². The van der Waals surface area contributed by atoms with Gasteiger partial charge >= 0.3 is 5.97 Å². The Morgan fingerprint density at radius 2 is 2.26 bits per heavy atom. The zero-order valence-corrected chi connectivity index (χ0v) is 11.3.